The predicted octanol–water partition coefficient (Wildman–Crippen LogP) is 9.49. The van der Waals surface area contributed by atoms with Crippen LogP contribution in [0.25, 0.3) is 0 Å². The number of hydrogen-bond donors (Lipinski definition) is 0. The van der Waals surface area contributed by atoms with Gasteiger partial charge in [-0.15, -0.1) is 0 Å². The van der Waals surface area contributed by atoms with Gasteiger partial charge in [0.1, 0.15) is 0 Å². The molecule has 0 saturated carbocycles. The lowest BCUT2D eigenvalue weighted by Crippen LogP contribution is -2.52. The third-order valence-corrected chi connectivity index (χ3v) is 21.5. The lowest BCUT2D eigenvalue weighted by atomic mass is 10.2. The highest BCUT2D eigenvalue weighted by atomic mass is 32.2. The van der Waals surface area contributed by atoms with Gasteiger partial charge in [0.2, 0.25) is 8.32 Å². The molecule has 1 rings (SSSR count). The van der Waals surface area contributed by atoms with Crippen LogP contribution < -0.4 is 0 Å². The Morgan fingerprint density at radius 3 is 1.75 bits per heavy atom. The zero-order chi connectivity index (χ0) is 33.6. The second-order valence-electron chi connectivity index (χ2n) is 13.6. The SMILES string of the molecule is CCCC[Si](CCCC)(CCCC)OCCN(C#CCO[Si](C(C)C)(C(C)C)C(C)(C)C)S(=O)(=O)c1ccc([N+](=O)[O-])cc1. The van der Waals surface area contributed by atoms with Crippen LogP contribution in [0.5, 0.6) is 0 Å². The van der Waals surface area contributed by atoms with Crippen LogP contribution in [0.3, 0.4) is 0 Å². The second-order valence-corrected chi connectivity index (χ2v) is 25.3. The fourth-order valence-corrected chi connectivity index (χ4v) is 18.9. The summed E-state index contributed by atoms with van der Waals surface area (Å²) in [6, 6.07) is 11.1. The van der Waals surface area contributed by atoms with Crippen molar-refractivity contribution in [3.63, 3.8) is 0 Å². The van der Waals surface area contributed by atoms with Gasteiger partial charge in [0, 0.05) is 18.2 Å². The molecule has 0 heterocycles. The van der Waals surface area contributed by atoms with E-state index in [1.165, 1.54) is 24.3 Å². The van der Waals surface area contributed by atoms with Crippen LogP contribution >= 0.6 is 0 Å². The standard InChI is InChI=1S/C33H60N2O6SSi2/c1-11-14-26-43(27-15-12-2,28-16-13-3)40-25-23-34(42(38,39)32-20-18-31(19-21-32)35(36)37)22-17-24-41-44(29(4)5,30(6)7)33(8,9)10/h18-21,29-30H,11-16,23-28H2,1-10H3. The maximum absolute atomic E-state index is 13.8. The Labute approximate surface area is 271 Å². The van der Waals surface area contributed by atoms with Crippen LogP contribution in [0.4, 0.5) is 5.69 Å². The molecule has 0 aliphatic rings. The van der Waals surface area contributed by atoms with E-state index in [9.17, 15) is 18.5 Å². The van der Waals surface area contributed by atoms with Gasteiger partial charge in [-0.25, -0.2) is 12.7 Å². The number of sulfonamides is 1. The number of hydrogen-bond acceptors (Lipinski definition) is 6. The molecule has 1 aromatic carbocycles. The fourth-order valence-electron chi connectivity index (χ4n) is 6.76. The minimum absolute atomic E-state index is 0.0290. The molecule has 0 radical (unpaired) electrons. The van der Waals surface area contributed by atoms with Crippen LogP contribution in [0.2, 0.25) is 34.3 Å². The summed E-state index contributed by atoms with van der Waals surface area (Å²) in [6.07, 6.45) is 6.67. The van der Waals surface area contributed by atoms with E-state index >= 15 is 0 Å². The summed E-state index contributed by atoms with van der Waals surface area (Å²) in [5.41, 5.74) is 0.540. The average Bonchev–Trinajstić information content (AvgIpc) is 2.95. The summed E-state index contributed by atoms with van der Waals surface area (Å²) in [5.74, 6) is 3.04. The third-order valence-electron chi connectivity index (χ3n) is 8.77. The molecule has 0 aliphatic carbocycles. The van der Waals surface area contributed by atoms with Gasteiger partial charge in [0.15, 0.2) is 8.32 Å². The summed E-state index contributed by atoms with van der Waals surface area (Å²) in [6.45, 7) is 22.6. The van der Waals surface area contributed by atoms with Crippen molar-refractivity contribution < 1.29 is 22.2 Å². The number of non-ortho nitro benzene ring substituents is 1. The summed E-state index contributed by atoms with van der Waals surface area (Å²) < 4.78 is 42.2. The van der Waals surface area contributed by atoms with E-state index in [0.717, 1.165) is 61.0 Å². The van der Waals surface area contributed by atoms with Gasteiger partial charge < -0.3 is 8.85 Å². The van der Waals surface area contributed by atoms with Crippen LogP contribution in [0.1, 0.15) is 108 Å². The van der Waals surface area contributed by atoms with E-state index in [1.807, 2.05) is 0 Å². The van der Waals surface area contributed by atoms with Gasteiger partial charge in [-0.05, 0) is 46.4 Å². The van der Waals surface area contributed by atoms with E-state index in [2.05, 4.69) is 81.2 Å². The highest BCUT2D eigenvalue weighted by molar-refractivity contribution is 7.89. The molecule has 8 nitrogen and oxygen atoms in total. The van der Waals surface area contributed by atoms with Gasteiger partial charge >= 0.3 is 0 Å². The minimum Gasteiger partial charge on any atom is -0.415 e. The topological polar surface area (TPSA) is 99.0 Å². The molecule has 0 aromatic heterocycles. The summed E-state index contributed by atoms with van der Waals surface area (Å²) in [7, 11) is -8.41. The Kier molecular flexibility index (Phi) is 16.9. The molecule has 0 bridgehead atoms. The van der Waals surface area contributed by atoms with E-state index in [0.29, 0.717) is 11.1 Å². The van der Waals surface area contributed by atoms with Crippen molar-refractivity contribution in [2.24, 2.45) is 0 Å². The maximum Gasteiger partial charge on any atom is 0.271 e. The van der Waals surface area contributed by atoms with Gasteiger partial charge in [-0.1, -0.05) is 114 Å². The molecule has 11 heteroatoms. The lowest BCUT2D eigenvalue weighted by Gasteiger charge is -2.48. The van der Waals surface area contributed by atoms with Crippen LogP contribution in [-0.2, 0) is 18.9 Å². The highest BCUT2D eigenvalue weighted by Gasteiger charge is 2.51. The third kappa shape index (κ3) is 11.0. The Morgan fingerprint density at radius 1 is 0.886 bits per heavy atom. The monoisotopic (exact) mass is 668 g/mol. The van der Waals surface area contributed by atoms with Crippen LogP contribution in [-0.4, -0.2) is 54.0 Å². The van der Waals surface area contributed by atoms with E-state index in [4.69, 9.17) is 8.85 Å². The van der Waals surface area contributed by atoms with Crippen molar-refractivity contribution in [1.82, 2.24) is 4.31 Å². The number of rotatable bonds is 20. The number of unbranched alkanes of at least 4 members (excludes halogenated alkanes) is 3. The molecule has 1 aromatic rings. The minimum atomic E-state index is -4.06. The molecule has 0 N–H and O–H groups in total. The van der Waals surface area contributed by atoms with Gasteiger partial charge in [-0.2, -0.15) is 0 Å². The fraction of sp³-hybridized carbons (Fsp3) is 0.758. The van der Waals surface area contributed by atoms with Crippen molar-refractivity contribution in [2.75, 3.05) is 19.8 Å². The molecule has 0 aliphatic heterocycles. The van der Waals surface area contributed by atoms with Crippen molar-refractivity contribution in [3.05, 3.63) is 34.4 Å². The summed E-state index contributed by atoms with van der Waals surface area (Å²) in [5, 5.41) is 11.1. The zero-order valence-electron chi connectivity index (χ0n) is 29.2. The van der Waals surface area contributed by atoms with Crippen LogP contribution in [0.15, 0.2) is 29.2 Å². The molecule has 0 fully saturated rings. The lowest BCUT2D eigenvalue weighted by molar-refractivity contribution is -0.384. The van der Waals surface area contributed by atoms with E-state index < -0.39 is 31.6 Å². The zero-order valence-corrected chi connectivity index (χ0v) is 32.0. The second kappa shape index (κ2) is 18.4. The Morgan fingerprint density at radius 2 is 1.36 bits per heavy atom. The first-order valence-corrected chi connectivity index (χ1v) is 22.6. The molecular weight excluding hydrogens is 609 g/mol. The number of benzene rings is 1. The number of nitro groups is 1. The quantitative estimate of drug-likeness (QED) is 0.0451. The molecule has 0 unspecified atom stereocenters. The van der Waals surface area contributed by atoms with Crippen LogP contribution in [0, 0.1) is 22.1 Å². The molecule has 252 valence electrons. The molecule has 0 spiro atoms. The van der Waals surface area contributed by atoms with Gasteiger partial charge in [0.05, 0.1) is 29.6 Å². The van der Waals surface area contributed by atoms with E-state index in [-0.39, 0.29) is 35.4 Å². The van der Waals surface area contributed by atoms with Crippen molar-refractivity contribution in [3.8, 4) is 12.0 Å². The average molecular weight is 669 g/mol. The Bertz CT molecular complexity index is 1140. The first kappa shape index (κ1) is 40.3. The highest BCUT2D eigenvalue weighted by Crippen LogP contribution is 2.50. The van der Waals surface area contributed by atoms with E-state index in [1.54, 1.807) is 0 Å². The van der Waals surface area contributed by atoms with Crippen molar-refractivity contribution in [1.29, 1.82) is 0 Å². The summed E-state index contributed by atoms with van der Waals surface area (Å²) in [4.78, 5) is 10.6. The first-order chi connectivity index (χ1) is 20.5. The molecule has 0 saturated heterocycles. The Hall–Kier alpha value is -1.72. The molecule has 44 heavy (non-hydrogen) atoms. The first-order valence-electron chi connectivity index (χ1n) is 16.6. The number of nitro benzene ring substituents is 1. The predicted molar refractivity (Wildman–Crippen MR) is 187 cm³/mol. The Balaban J connectivity index is 3.41. The van der Waals surface area contributed by atoms with Gasteiger partial charge in [0.25, 0.3) is 15.7 Å². The molecule has 0 atom stereocenters. The smallest absolute Gasteiger partial charge is 0.271 e. The molecular formula is C33H60N2O6SSi2. The largest absolute Gasteiger partial charge is 0.415 e. The molecule has 0 amide bonds. The summed E-state index contributed by atoms with van der Waals surface area (Å²) >= 11 is 0. The normalized spacial score (nSPS) is 12.8. The van der Waals surface area contributed by atoms with Crippen molar-refractivity contribution in [2.45, 2.75) is 147 Å². The van der Waals surface area contributed by atoms with Crippen molar-refractivity contribution >= 4 is 32.3 Å². The number of nitrogens with zero attached hydrogens (tertiary/aromatic N) is 2. The maximum atomic E-state index is 13.8. The van der Waals surface area contributed by atoms with Gasteiger partial charge in [-0.3, -0.25) is 10.1 Å².